The van der Waals surface area contributed by atoms with Crippen molar-refractivity contribution in [1.29, 1.82) is 5.26 Å². The Balaban J connectivity index is 2.24. The molecule has 0 saturated carbocycles. The van der Waals surface area contributed by atoms with E-state index in [1.807, 2.05) is 30.3 Å². The molecule has 0 aliphatic carbocycles. The van der Waals surface area contributed by atoms with Gasteiger partial charge in [0.05, 0.1) is 5.69 Å². The molecule has 0 bridgehead atoms. The second kappa shape index (κ2) is 8.68. The van der Waals surface area contributed by atoms with Gasteiger partial charge in [0.1, 0.15) is 11.6 Å². The molecule has 0 saturated heterocycles. The molecule has 27 heavy (non-hydrogen) atoms. The van der Waals surface area contributed by atoms with Crippen molar-refractivity contribution in [2.24, 2.45) is 0 Å². The van der Waals surface area contributed by atoms with Crippen molar-refractivity contribution in [2.75, 3.05) is 16.0 Å². The maximum atomic E-state index is 12.7. The van der Waals surface area contributed by atoms with Gasteiger partial charge in [-0.1, -0.05) is 26.0 Å². The number of rotatable bonds is 5. The third-order valence-electron chi connectivity index (χ3n) is 3.98. The van der Waals surface area contributed by atoms with Crippen molar-refractivity contribution in [3.8, 4) is 6.07 Å². The van der Waals surface area contributed by atoms with E-state index in [4.69, 9.17) is 5.73 Å². The molecule has 3 N–H and O–H groups in total. The zero-order chi connectivity index (χ0) is 20.0. The highest BCUT2D eigenvalue weighted by molar-refractivity contribution is 6.21. The molecule has 0 fully saturated rings. The van der Waals surface area contributed by atoms with Crippen LogP contribution in [0.1, 0.15) is 32.3 Å². The summed E-state index contributed by atoms with van der Waals surface area (Å²) in [7, 11) is 0. The Bertz CT molecular complexity index is 891. The molecule has 138 valence electrons. The number of benzene rings is 2. The molecule has 2 aromatic carbocycles. The van der Waals surface area contributed by atoms with E-state index in [1.165, 1.54) is 18.7 Å². The van der Waals surface area contributed by atoms with Gasteiger partial charge in [-0.05, 0) is 47.9 Å². The first-order valence-corrected chi connectivity index (χ1v) is 8.50. The Morgan fingerprint density at radius 3 is 2.19 bits per heavy atom. The van der Waals surface area contributed by atoms with E-state index in [1.54, 1.807) is 24.3 Å². The van der Waals surface area contributed by atoms with Gasteiger partial charge in [-0.3, -0.25) is 9.59 Å². The molecule has 0 aliphatic rings. The maximum absolute atomic E-state index is 12.7. The summed E-state index contributed by atoms with van der Waals surface area (Å²) < 4.78 is 0. The Hall–Kier alpha value is -3.59. The fraction of sp³-hybridized carbons (Fsp3) is 0.190. The van der Waals surface area contributed by atoms with Crippen LogP contribution in [0, 0.1) is 11.3 Å². The summed E-state index contributed by atoms with van der Waals surface area (Å²) in [4.78, 5) is 25.6. The molecular formula is C21H22N4O2. The maximum Gasteiger partial charge on any atom is 0.277 e. The summed E-state index contributed by atoms with van der Waals surface area (Å²) in [5.74, 6) is -0.789. The van der Waals surface area contributed by atoms with Crippen LogP contribution in [0.3, 0.4) is 0 Å². The lowest BCUT2D eigenvalue weighted by Crippen LogP contribution is -2.36. The molecule has 0 spiro atoms. The van der Waals surface area contributed by atoms with Crippen LogP contribution in [0.15, 0.2) is 60.3 Å². The quantitative estimate of drug-likeness (QED) is 0.479. The van der Waals surface area contributed by atoms with E-state index in [9.17, 15) is 14.9 Å². The van der Waals surface area contributed by atoms with E-state index in [0.717, 1.165) is 10.6 Å². The highest BCUT2D eigenvalue weighted by atomic mass is 16.2. The normalized spacial score (nSPS) is 11.0. The zero-order valence-electron chi connectivity index (χ0n) is 15.6. The van der Waals surface area contributed by atoms with Crippen LogP contribution in [0.5, 0.6) is 0 Å². The monoisotopic (exact) mass is 362 g/mol. The van der Waals surface area contributed by atoms with Crippen molar-refractivity contribution < 1.29 is 9.59 Å². The first kappa shape index (κ1) is 19.7. The number of amides is 2. The Morgan fingerprint density at radius 1 is 1.11 bits per heavy atom. The topological polar surface area (TPSA) is 99.2 Å². The van der Waals surface area contributed by atoms with Crippen LogP contribution in [-0.4, -0.2) is 11.8 Å². The van der Waals surface area contributed by atoms with Gasteiger partial charge in [0.2, 0.25) is 5.91 Å². The van der Waals surface area contributed by atoms with Gasteiger partial charge in [0.15, 0.2) is 0 Å². The van der Waals surface area contributed by atoms with Crippen LogP contribution < -0.4 is 16.0 Å². The highest BCUT2D eigenvalue weighted by Gasteiger charge is 2.23. The zero-order valence-corrected chi connectivity index (χ0v) is 15.6. The Labute approximate surface area is 158 Å². The summed E-state index contributed by atoms with van der Waals surface area (Å²) in [5.41, 5.74) is 8.25. The fourth-order valence-electron chi connectivity index (χ4n) is 2.45. The van der Waals surface area contributed by atoms with E-state index in [-0.39, 0.29) is 5.57 Å². The van der Waals surface area contributed by atoms with Crippen molar-refractivity contribution in [1.82, 2.24) is 0 Å². The van der Waals surface area contributed by atoms with Crippen LogP contribution >= 0.6 is 0 Å². The molecular weight excluding hydrogens is 340 g/mol. The second-order valence-electron chi connectivity index (χ2n) is 6.34. The van der Waals surface area contributed by atoms with Crippen LogP contribution in [0.4, 0.5) is 17.1 Å². The van der Waals surface area contributed by atoms with E-state index < -0.39 is 11.8 Å². The van der Waals surface area contributed by atoms with E-state index in [0.29, 0.717) is 17.3 Å². The van der Waals surface area contributed by atoms with Gasteiger partial charge in [-0.15, -0.1) is 0 Å². The molecule has 0 aliphatic heterocycles. The number of imide groups is 1. The van der Waals surface area contributed by atoms with Gasteiger partial charge in [-0.25, -0.2) is 4.90 Å². The number of nitriles is 1. The summed E-state index contributed by atoms with van der Waals surface area (Å²) in [6, 6.07) is 15.8. The predicted octanol–water partition coefficient (Wildman–Crippen LogP) is 3.79. The number of carbonyl (C=O) groups is 2. The SMILES string of the molecule is CC(=O)N(C(=O)/C(C#N)=C\Nc1ccc(C(C)C)cc1)c1ccc(N)cc1. The number of nitrogens with one attached hydrogen (secondary N) is 1. The van der Waals surface area contributed by atoms with Gasteiger partial charge < -0.3 is 11.1 Å². The molecule has 6 heteroatoms. The molecule has 0 unspecified atom stereocenters. The Morgan fingerprint density at radius 2 is 1.70 bits per heavy atom. The van der Waals surface area contributed by atoms with Crippen molar-refractivity contribution in [3.05, 3.63) is 65.9 Å². The molecule has 2 amide bonds. The number of anilines is 3. The first-order chi connectivity index (χ1) is 12.8. The first-order valence-electron chi connectivity index (χ1n) is 8.50. The number of nitrogens with two attached hydrogens (primary N) is 1. The van der Waals surface area contributed by atoms with Crippen LogP contribution in [0.2, 0.25) is 0 Å². The Kier molecular flexibility index (Phi) is 6.34. The second-order valence-corrected chi connectivity index (χ2v) is 6.34. The predicted molar refractivity (Wildman–Crippen MR) is 107 cm³/mol. The number of carbonyl (C=O) groups excluding carboxylic acids is 2. The van der Waals surface area contributed by atoms with E-state index in [2.05, 4.69) is 19.2 Å². The standard InChI is InChI=1S/C21H22N4O2/c1-14(2)16-4-8-19(9-5-16)24-13-17(12-22)21(27)25(15(3)26)20-10-6-18(23)7-11-20/h4-11,13-14,24H,23H2,1-3H3/b17-13-. The minimum Gasteiger partial charge on any atom is -0.399 e. The average Bonchev–Trinajstić information content (AvgIpc) is 2.64. The van der Waals surface area contributed by atoms with Gasteiger partial charge >= 0.3 is 0 Å². The third kappa shape index (κ3) is 4.95. The van der Waals surface area contributed by atoms with Crippen LogP contribution in [0.25, 0.3) is 0 Å². The summed E-state index contributed by atoms with van der Waals surface area (Å²) >= 11 is 0. The third-order valence-corrected chi connectivity index (χ3v) is 3.98. The van der Waals surface area contributed by atoms with Crippen molar-refractivity contribution >= 4 is 28.9 Å². The molecule has 0 aromatic heterocycles. The molecule has 0 radical (unpaired) electrons. The molecule has 0 atom stereocenters. The number of nitrogen functional groups attached to an aromatic ring is 1. The average molecular weight is 362 g/mol. The largest absolute Gasteiger partial charge is 0.399 e. The molecule has 0 heterocycles. The lowest BCUT2D eigenvalue weighted by Gasteiger charge is -2.19. The lowest BCUT2D eigenvalue weighted by atomic mass is 10.0. The van der Waals surface area contributed by atoms with Gasteiger partial charge in [0.25, 0.3) is 5.91 Å². The van der Waals surface area contributed by atoms with Crippen LogP contribution in [-0.2, 0) is 9.59 Å². The van der Waals surface area contributed by atoms with Gasteiger partial charge in [-0.2, -0.15) is 5.26 Å². The number of hydrogen-bond acceptors (Lipinski definition) is 5. The summed E-state index contributed by atoms with van der Waals surface area (Å²) in [6.45, 7) is 5.46. The number of nitrogens with zero attached hydrogens (tertiary/aromatic N) is 2. The lowest BCUT2D eigenvalue weighted by molar-refractivity contribution is -0.123. The summed E-state index contributed by atoms with van der Waals surface area (Å²) in [6.07, 6.45) is 1.31. The minimum absolute atomic E-state index is 0.185. The number of hydrogen-bond donors (Lipinski definition) is 2. The molecule has 2 rings (SSSR count). The minimum atomic E-state index is -0.707. The van der Waals surface area contributed by atoms with E-state index >= 15 is 0 Å². The summed E-state index contributed by atoms with van der Waals surface area (Å²) in [5, 5.41) is 12.3. The highest BCUT2D eigenvalue weighted by Crippen LogP contribution is 2.20. The molecule has 6 nitrogen and oxygen atoms in total. The fourth-order valence-corrected chi connectivity index (χ4v) is 2.45. The van der Waals surface area contributed by atoms with Gasteiger partial charge in [0, 0.05) is 24.5 Å². The van der Waals surface area contributed by atoms with Crippen molar-refractivity contribution in [2.45, 2.75) is 26.7 Å². The molecule has 2 aromatic rings. The smallest absolute Gasteiger partial charge is 0.277 e. The van der Waals surface area contributed by atoms with Crippen molar-refractivity contribution in [3.63, 3.8) is 0 Å².